The largest absolute Gasteiger partial charge is 0.480 e. The summed E-state index contributed by atoms with van der Waals surface area (Å²) in [4.78, 5) is 13.3. The first-order chi connectivity index (χ1) is 9.11. The van der Waals surface area contributed by atoms with Crippen LogP contribution >= 0.6 is 0 Å². The summed E-state index contributed by atoms with van der Waals surface area (Å²) in [6.45, 7) is 5.77. The van der Waals surface area contributed by atoms with E-state index in [0.717, 1.165) is 37.9 Å². The zero-order valence-electron chi connectivity index (χ0n) is 11.7. The van der Waals surface area contributed by atoms with Crippen molar-refractivity contribution in [3.8, 4) is 0 Å². The van der Waals surface area contributed by atoms with Crippen molar-refractivity contribution in [3.63, 3.8) is 0 Å². The lowest BCUT2D eigenvalue weighted by atomic mass is 10.0. The Kier molecular flexibility index (Phi) is 4.58. The van der Waals surface area contributed by atoms with Crippen LogP contribution in [0.2, 0.25) is 0 Å². The predicted molar refractivity (Wildman–Crippen MR) is 72.9 cm³/mol. The van der Waals surface area contributed by atoms with Crippen molar-refractivity contribution in [2.45, 2.75) is 58.2 Å². The SMILES string of the molecule is CCC(C)n1ccc(CN2CCCCC2C(=O)O)n1. The van der Waals surface area contributed by atoms with Crippen LogP contribution in [0, 0.1) is 0 Å². The maximum Gasteiger partial charge on any atom is 0.320 e. The van der Waals surface area contributed by atoms with Gasteiger partial charge in [0, 0.05) is 18.8 Å². The molecule has 0 radical (unpaired) electrons. The summed E-state index contributed by atoms with van der Waals surface area (Å²) >= 11 is 0. The Morgan fingerprint density at radius 2 is 2.37 bits per heavy atom. The molecule has 0 amide bonds. The van der Waals surface area contributed by atoms with Gasteiger partial charge in [-0.15, -0.1) is 0 Å². The molecule has 2 unspecified atom stereocenters. The number of hydrogen-bond donors (Lipinski definition) is 1. The van der Waals surface area contributed by atoms with Gasteiger partial charge in [-0.2, -0.15) is 5.10 Å². The van der Waals surface area contributed by atoms with E-state index in [1.807, 2.05) is 21.8 Å². The fourth-order valence-corrected chi connectivity index (χ4v) is 2.56. The van der Waals surface area contributed by atoms with Crippen LogP contribution in [0.5, 0.6) is 0 Å². The molecule has 0 spiro atoms. The summed E-state index contributed by atoms with van der Waals surface area (Å²) in [5, 5.41) is 13.8. The van der Waals surface area contributed by atoms with Crippen LogP contribution in [0.15, 0.2) is 12.3 Å². The first-order valence-corrected chi connectivity index (χ1v) is 7.12. The number of aliphatic carboxylic acids is 1. The highest BCUT2D eigenvalue weighted by Gasteiger charge is 2.28. The van der Waals surface area contributed by atoms with Crippen LogP contribution in [-0.2, 0) is 11.3 Å². The van der Waals surface area contributed by atoms with E-state index in [1.54, 1.807) is 0 Å². The normalized spacial score (nSPS) is 22.3. The molecule has 1 saturated heterocycles. The molecule has 5 heteroatoms. The van der Waals surface area contributed by atoms with Crippen molar-refractivity contribution in [2.75, 3.05) is 6.54 Å². The van der Waals surface area contributed by atoms with Crippen molar-refractivity contribution < 1.29 is 9.90 Å². The molecule has 2 heterocycles. The van der Waals surface area contributed by atoms with Gasteiger partial charge in [0.15, 0.2) is 0 Å². The third kappa shape index (κ3) is 3.35. The van der Waals surface area contributed by atoms with Gasteiger partial charge in [0.2, 0.25) is 0 Å². The maximum atomic E-state index is 11.2. The molecule has 19 heavy (non-hydrogen) atoms. The lowest BCUT2D eigenvalue weighted by Gasteiger charge is -2.32. The molecule has 0 saturated carbocycles. The fraction of sp³-hybridized carbons (Fsp3) is 0.714. The van der Waals surface area contributed by atoms with E-state index < -0.39 is 5.97 Å². The van der Waals surface area contributed by atoms with Gasteiger partial charge in [-0.05, 0) is 38.8 Å². The number of rotatable bonds is 5. The molecule has 0 aliphatic carbocycles. The first-order valence-electron chi connectivity index (χ1n) is 7.12. The van der Waals surface area contributed by atoms with Gasteiger partial charge in [0.1, 0.15) is 6.04 Å². The van der Waals surface area contributed by atoms with E-state index in [9.17, 15) is 9.90 Å². The van der Waals surface area contributed by atoms with Crippen LogP contribution in [0.1, 0.15) is 51.3 Å². The highest BCUT2D eigenvalue weighted by molar-refractivity contribution is 5.73. The minimum Gasteiger partial charge on any atom is -0.480 e. The van der Waals surface area contributed by atoms with Crippen molar-refractivity contribution in [1.29, 1.82) is 0 Å². The highest BCUT2D eigenvalue weighted by atomic mass is 16.4. The van der Waals surface area contributed by atoms with Crippen LogP contribution in [0.3, 0.4) is 0 Å². The molecule has 0 bridgehead atoms. The second kappa shape index (κ2) is 6.19. The van der Waals surface area contributed by atoms with E-state index in [4.69, 9.17) is 0 Å². The number of nitrogens with zero attached hydrogens (tertiary/aromatic N) is 3. The molecule has 0 aromatic carbocycles. The Balaban J connectivity index is 2.02. The summed E-state index contributed by atoms with van der Waals surface area (Å²) < 4.78 is 1.97. The fourth-order valence-electron chi connectivity index (χ4n) is 2.56. The molecule has 106 valence electrons. The van der Waals surface area contributed by atoms with E-state index in [0.29, 0.717) is 12.6 Å². The second-order valence-corrected chi connectivity index (χ2v) is 5.36. The number of likely N-dealkylation sites (tertiary alicyclic amines) is 1. The third-order valence-electron chi connectivity index (χ3n) is 3.97. The molecule has 1 aliphatic heterocycles. The van der Waals surface area contributed by atoms with Crippen molar-refractivity contribution in [2.24, 2.45) is 0 Å². The number of carbonyl (C=O) groups is 1. The average molecular weight is 265 g/mol. The number of hydrogen-bond acceptors (Lipinski definition) is 3. The third-order valence-corrected chi connectivity index (χ3v) is 3.97. The monoisotopic (exact) mass is 265 g/mol. The summed E-state index contributed by atoms with van der Waals surface area (Å²) in [5.74, 6) is -0.707. The smallest absolute Gasteiger partial charge is 0.320 e. The quantitative estimate of drug-likeness (QED) is 0.887. The van der Waals surface area contributed by atoms with Crippen LogP contribution in [0.4, 0.5) is 0 Å². The van der Waals surface area contributed by atoms with Gasteiger partial charge in [0.05, 0.1) is 5.69 Å². The Morgan fingerprint density at radius 3 is 3.05 bits per heavy atom. The van der Waals surface area contributed by atoms with Gasteiger partial charge in [-0.25, -0.2) is 0 Å². The lowest BCUT2D eigenvalue weighted by Crippen LogP contribution is -2.44. The molecular weight excluding hydrogens is 242 g/mol. The molecule has 5 nitrogen and oxygen atoms in total. The molecule has 2 atom stereocenters. The van der Waals surface area contributed by atoms with Gasteiger partial charge < -0.3 is 5.11 Å². The van der Waals surface area contributed by atoms with E-state index in [-0.39, 0.29) is 6.04 Å². The molecule has 1 aromatic rings. The zero-order chi connectivity index (χ0) is 13.8. The number of piperidine rings is 1. The van der Waals surface area contributed by atoms with Crippen molar-refractivity contribution in [1.82, 2.24) is 14.7 Å². The Hall–Kier alpha value is -1.36. The van der Waals surface area contributed by atoms with Crippen molar-refractivity contribution >= 4 is 5.97 Å². The van der Waals surface area contributed by atoms with E-state index in [2.05, 4.69) is 18.9 Å². The molecular formula is C14H23N3O2. The van der Waals surface area contributed by atoms with Gasteiger partial charge in [0.25, 0.3) is 0 Å². The molecule has 1 fully saturated rings. The first kappa shape index (κ1) is 14.1. The van der Waals surface area contributed by atoms with E-state index in [1.165, 1.54) is 0 Å². The zero-order valence-corrected chi connectivity index (χ0v) is 11.7. The van der Waals surface area contributed by atoms with Crippen LogP contribution in [-0.4, -0.2) is 38.3 Å². The topological polar surface area (TPSA) is 58.4 Å². The average Bonchev–Trinajstić information content (AvgIpc) is 2.86. The summed E-state index contributed by atoms with van der Waals surface area (Å²) in [5.41, 5.74) is 0.966. The molecule has 1 N–H and O–H groups in total. The standard InChI is InChI=1S/C14H23N3O2/c1-3-11(2)17-9-7-12(15-17)10-16-8-5-4-6-13(16)14(18)19/h7,9,11,13H,3-6,8,10H2,1-2H3,(H,18,19). The molecule has 2 rings (SSSR count). The predicted octanol–water partition coefficient (Wildman–Crippen LogP) is 2.29. The summed E-state index contributed by atoms with van der Waals surface area (Å²) in [7, 11) is 0. The van der Waals surface area contributed by atoms with Crippen LogP contribution < -0.4 is 0 Å². The minimum atomic E-state index is -0.707. The number of carboxylic acids is 1. The molecule has 1 aliphatic rings. The lowest BCUT2D eigenvalue weighted by molar-refractivity contribution is -0.144. The Labute approximate surface area is 114 Å². The summed E-state index contributed by atoms with van der Waals surface area (Å²) in [6.07, 6.45) is 5.87. The summed E-state index contributed by atoms with van der Waals surface area (Å²) in [6, 6.07) is 2.05. The second-order valence-electron chi connectivity index (χ2n) is 5.36. The van der Waals surface area contributed by atoms with Gasteiger partial charge >= 0.3 is 5.97 Å². The minimum absolute atomic E-state index is 0.345. The maximum absolute atomic E-state index is 11.2. The Bertz CT molecular complexity index is 430. The van der Waals surface area contributed by atoms with E-state index >= 15 is 0 Å². The Morgan fingerprint density at radius 1 is 1.58 bits per heavy atom. The van der Waals surface area contributed by atoms with Gasteiger partial charge in [-0.1, -0.05) is 13.3 Å². The van der Waals surface area contributed by atoms with Gasteiger partial charge in [-0.3, -0.25) is 14.4 Å². The highest BCUT2D eigenvalue weighted by Crippen LogP contribution is 2.20. The van der Waals surface area contributed by atoms with Crippen molar-refractivity contribution in [3.05, 3.63) is 18.0 Å². The number of carboxylic acid groups (broad SMARTS) is 1. The van der Waals surface area contributed by atoms with Crippen LogP contribution in [0.25, 0.3) is 0 Å². The number of aromatic nitrogens is 2. The molecule has 1 aromatic heterocycles.